The highest BCUT2D eigenvalue weighted by Gasteiger charge is 2.31. The Morgan fingerprint density at radius 3 is 2.52 bits per heavy atom. The van der Waals surface area contributed by atoms with Crippen molar-refractivity contribution in [3.05, 3.63) is 24.0 Å². The molecule has 1 aromatic rings. The second kappa shape index (κ2) is 6.87. The average molecular weight is 320 g/mol. The van der Waals surface area contributed by atoms with Crippen molar-refractivity contribution in [3.63, 3.8) is 0 Å². The zero-order valence-corrected chi connectivity index (χ0v) is 13.5. The molecule has 1 aliphatic carbocycles. The van der Waals surface area contributed by atoms with Gasteiger partial charge in [-0.25, -0.2) is 4.39 Å². The van der Waals surface area contributed by atoms with Crippen LogP contribution in [0, 0.1) is 5.82 Å². The maximum Gasteiger partial charge on any atom is 0.227 e. The summed E-state index contributed by atoms with van der Waals surface area (Å²) < 4.78 is 14.2. The number of carbonyl (C=O) groups excluding carboxylic acids is 1. The number of halogens is 1. The Balaban J connectivity index is 1.61. The molecular weight excluding hydrogens is 295 g/mol. The Hall–Kier alpha value is -1.62. The van der Waals surface area contributed by atoms with Gasteiger partial charge in [-0.2, -0.15) is 0 Å². The second-order valence-corrected chi connectivity index (χ2v) is 6.87. The third-order valence-corrected chi connectivity index (χ3v) is 4.95. The lowest BCUT2D eigenvalue weighted by Crippen LogP contribution is -2.35. The van der Waals surface area contributed by atoms with Gasteiger partial charge in [0.05, 0.1) is 17.7 Å². The van der Waals surface area contributed by atoms with Gasteiger partial charge in [0.1, 0.15) is 5.82 Å². The normalized spacial score (nSPS) is 20.5. The fourth-order valence-electron chi connectivity index (χ4n) is 3.69. The lowest BCUT2D eigenvalue weighted by molar-refractivity contribution is -0.122. The number of rotatable bonds is 4. The van der Waals surface area contributed by atoms with E-state index in [2.05, 4.69) is 5.32 Å². The van der Waals surface area contributed by atoms with Gasteiger partial charge in [0, 0.05) is 18.8 Å². The van der Waals surface area contributed by atoms with E-state index in [9.17, 15) is 14.3 Å². The van der Waals surface area contributed by atoms with E-state index in [-0.39, 0.29) is 18.1 Å². The molecule has 2 fully saturated rings. The first kappa shape index (κ1) is 16.2. The molecule has 0 radical (unpaired) electrons. The highest BCUT2D eigenvalue weighted by Crippen LogP contribution is 2.31. The molecule has 1 heterocycles. The number of hydrogen-bond donors (Lipinski definition) is 2. The van der Waals surface area contributed by atoms with Crippen LogP contribution in [-0.2, 0) is 4.79 Å². The van der Waals surface area contributed by atoms with E-state index in [1.165, 1.54) is 6.07 Å². The summed E-state index contributed by atoms with van der Waals surface area (Å²) in [6, 6.07) is 4.83. The largest absolute Gasteiger partial charge is 0.389 e. The number of anilines is 2. The lowest BCUT2D eigenvalue weighted by atomic mass is 9.82. The summed E-state index contributed by atoms with van der Waals surface area (Å²) in [5.74, 6) is -0.552. The SMILES string of the molecule is O=C(CC1(O)CCCCC1)Nc1ccc(N2CCCC2)c(F)c1. The van der Waals surface area contributed by atoms with Crippen molar-refractivity contribution < 1.29 is 14.3 Å². The summed E-state index contributed by atoms with van der Waals surface area (Å²) in [7, 11) is 0. The predicted molar refractivity (Wildman–Crippen MR) is 89.1 cm³/mol. The molecule has 0 atom stereocenters. The third-order valence-electron chi connectivity index (χ3n) is 4.95. The molecule has 2 aliphatic rings. The summed E-state index contributed by atoms with van der Waals surface area (Å²) in [5, 5.41) is 13.1. The van der Waals surface area contributed by atoms with Crippen LogP contribution >= 0.6 is 0 Å². The van der Waals surface area contributed by atoms with E-state index in [0.717, 1.165) is 45.2 Å². The van der Waals surface area contributed by atoms with Gasteiger partial charge in [-0.15, -0.1) is 0 Å². The van der Waals surface area contributed by atoms with Crippen LogP contribution in [0.2, 0.25) is 0 Å². The molecule has 1 aliphatic heterocycles. The molecule has 0 unspecified atom stereocenters. The minimum atomic E-state index is -0.892. The molecule has 0 bridgehead atoms. The van der Waals surface area contributed by atoms with Crippen LogP contribution in [0.5, 0.6) is 0 Å². The first-order valence-corrected chi connectivity index (χ1v) is 8.63. The molecule has 3 rings (SSSR count). The molecule has 126 valence electrons. The summed E-state index contributed by atoms with van der Waals surface area (Å²) in [5.41, 5.74) is 0.164. The fourth-order valence-corrected chi connectivity index (χ4v) is 3.69. The molecule has 1 saturated carbocycles. The number of amides is 1. The number of nitrogens with zero attached hydrogens (tertiary/aromatic N) is 1. The van der Waals surface area contributed by atoms with Gasteiger partial charge in [-0.3, -0.25) is 4.79 Å². The van der Waals surface area contributed by atoms with Crippen LogP contribution in [0.4, 0.5) is 15.8 Å². The van der Waals surface area contributed by atoms with Gasteiger partial charge < -0.3 is 15.3 Å². The molecule has 1 amide bonds. The zero-order valence-electron chi connectivity index (χ0n) is 13.5. The lowest BCUT2D eigenvalue weighted by Gasteiger charge is -2.31. The number of hydrogen-bond acceptors (Lipinski definition) is 3. The molecule has 4 nitrogen and oxygen atoms in total. The number of aliphatic hydroxyl groups is 1. The summed E-state index contributed by atoms with van der Waals surface area (Å²) in [6.45, 7) is 1.77. The number of benzene rings is 1. The minimum Gasteiger partial charge on any atom is -0.389 e. The predicted octanol–water partition coefficient (Wildman–Crippen LogP) is 3.45. The summed E-state index contributed by atoms with van der Waals surface area (Å²) in [4.78, 5) is 14.2. The first-order chi connectivity index (χ1) is 11.1. The quantitative estimate of drug-likeness (QED) is 0.893. The first-order valence-electron chi connectivity index (χ1n) is 8.63. The van der Waals surface area contributed by atoms with Crippen molar-refractivity contribution >= 4 is 17.3 Å². The van der Waals surface area contributed by atoms with E-state index in [0.29, 0.717) is 24.2 Å². The molecule has 5 heteroatoms. The van der Waals surface area contributed by atoms with Crippen molar-refractivity contribution in [2.45, 2.75) is 57.0 Å². The molecule has 2 N–H and O–H groups in total. The topological polar surface area (TPSA) is 52.6 Å². The molecule has 1 aromatic carbocycles. The van der Waals surface area contributed by atoms with Crippen molar-refractivity contribution in [1.29, 1.82) is 0 Å². The van der Waals surface area contributed by atoms with Crippen LogP contribution in [0.15, 0.2) is 18.2 Å². The van der Waals surface area contributed by atoms with Crippen LogP contribution in [0.3, 0.4) is 0 Å². The Morgan fingerprint density at radius 1 is 1.17 bits per heavy atom. The highest BCUT2D eigenvalue weighted by molar-refractivity contribution is 5.91. The second-order valence-electron chi connectivity index (χ2n) is 6.87. The zero-order chi connectivity index (χ0) is 16.3. The van der Waals surface area contributed by atoms with Crippen LogP contribution in [0.1, 0.15) is 51.4 Å². The van der Waals surface area contributed by atoms with Gasteiger partial charge in [0.15, 0.2) is 0 Å². The monoisotopic (exact) mass is 320 g/mol. The van der Waals surface area contributed by atoms with E-state index < -0.39 is 5.60 Å². The van der Waals surface area contributed by atoms with E-state index in [1.807, 2.05) is 4.90 Å². The van der Waals surface area contributed by atoms with E-state index >= 15 is 0 Å². The molecular formula is C18H25FN2O2. The van der Waals surface area contributed by atoms with Gasteiger partial charge in [-0.1, -0.05) is 19.3 Å². The fraction of sp³-hybridized carbons (Fsp3) is 0.611. The molecule has 0 aromatic heterocycles. The van der Waals surface area contributed by atoms with Crippen LogP contribution < -0.4 is 10.2 Å². The number of carbonyl (C=O) groups is 1. The minimum absolute atomic E-state index is 0.0858. The van der Waals surface area contributed by atoms with Gasteiger partial charge in [0.25, 0.3) is 0 Å². The summed E-state index contributed by atoms with van der Waals surface area (Å²) in [6.07, 6.45) is 6.65. The smallest absolute Gasteiger partial charge is 0.227 e. The van der Waals surface area contributed by atoms with Crippen molar-refractivity contribution in [3.8, 4) is 0 Å². The molecule has 23 heavy (non-hydrogen) atoms. The standard InChI is InChI=1S/C18H25FN2O2/c19-15-12-14(6-7-16(15)21-10-4-5-11-21)20-17(22)13-18(23)8-2-1-3-9-18/h6-7,12,23H,1-5,8-11,13H2,(H,20,22). The Morgan fingerprint density at radius 2 is 1.87 bits per heavy atom. The third kappa shape index (κ3) is 4.02. The van der Waals surface area contributed by atoms with Crippen LogP contribution in [-0.4, -0.2) is 29.7 Å². The van der Waals surface area contributed by atoms with Gasteiger partial charge in [-0.05, 0) is 43.9 Å². The van der Waals surface area contributed by atoms with E-state index in [4.69, 9.17) is 0 Å². The van der Waals surface area contributed by atoms with Gasteiger partial charge >= 0.3 is 0 Å². The Bertz CT molecular complexity index is 564. The van der Waals surface area contributed by atoms with Crippen LogP contribution in [0.25, 0.3) is 0 Å². The maximum atomic E-state index is 14.2. The maximum absolute atomic E-state index is 14.2. The number of nitrogens with one attached hydrogen (secondary N) is 1. The Labute approximate surface area is 136 Å². The van der Waals surface area contributed by atoms with Gasteiger partial charge in [0.2, 0.25) is 5.91 Å². The van der Waals surface area contributed by atoms with E-state index in [1.54, 1.807) is 12.1 Å². The van der Waals surface area contributed by atoms with Crippen molar-refractivity contribution in [2.24, 2.45) is 0 Å². The molecule has 0 spiro atoms. The highest BCUT2D eigenvalue weighted by atomic mass is 19.1. The summed E-state index contributed by atoms with van der Waals surface area (Å²) >= 11 is 0. The van der Waals surface area contributed by atoms with Crippen molar-refractivity contribution in [2.75, 3.05) is 23.3 Å². The van der Waals surface area contributed by atoms with Crippen molar-refractivity contribution in [1.82, 2.24) is 0 Å². The average Bonchev–Trinajstić information content (AvgIpc) is 3.01. The Kier molecular flexibility index (Phi) is 4.85. The molecule has 1 saturated heterocycles.